The van der Waals surface area contributed by atoms with Crippen LogP contribution in [0.3, 0.4) is 0 Å². The number of carbonyl (C=O) groups excluding carboxylic acids is 1. The molecule has 0 saturated carbocycles. The Bertz CT molecular complexity index is 210. The van der Waals surface area contributed by atoms with Gasteiger partial charge in [-0.1, -0.05) is 0 Å². The topological polar surface area (TPSA) is 38.3 Å². The SMILES string of the molecule is C#CCCCCNC(=O)OC(C)(C)C. The maximum atomic E-state index is 11.1. The van der Waals surface area contributed by atoms with Crippen LogP contribution >= 0.6 is 0 Å². The van der Waals surface area contributed by atoms with Crippen LogP contribution in [0.4, 0.5) is 4.79 Å². The molecular weight excluding hydrogens is 178 g/mol. The van der Waals surface area contributed by atoms with E-state index in [2.05, 4.69) is 11.2 Å². The van der Waals surface area contributed by atoms with E-state index in [1.807, 2.05) is 20.8 Å². The number of terminal acetylenes is 1. The van der Waals surface area contributed by atoms with Gasteiger partial charge in [0.1, 0.15) is 5.60 Å². The van der Waals surface area contributed by atoms with Gasteiger partial charge in [0.15, 0.2) is 0 Å². The number of hydrogen-bond acceptors (Lipinski definition) is 2. The van der Waals surface area contributed by atoms with Crippen LogP contribution in [0.2, 0.25) is 0 Å². The minimum atomic E-state index is -0.428. The Kier molecular flexibility index (Phi) is 5.78. The van der Waals surface area contributed by atoms with Gasteiger partial charge >= 0.3 is 6.09 Å². The first-order valence-electron chi connectivity index (χ1n) is 4.86. The van der Waals surface area contributed by atoms with Gasteiger partial charge in [-0.15, -0.1) is 12.3 Å². The number of ether oxygens (including phenoxy) is 1. The first-order chi connectivity index (χ1) is 6.45. The fourth-order valence-electron chi connectivity index (χ4n) is 0.857. The lowest BCUT2D eigenvalue weighted by atomic mass is 10.2. The van der Waals surface area contributed by atoms with Crippen LogP contribution in [-0.4, -0.2) is 18.2 Å². The number of nitrogens with one attached hydrogen (secondary N) is 1. The van der Waals surface area contributed by atoms with E-state index >= 15 is 0 Å². The number of carbonyl (C=O) groups is 1. The van der Waals surface area contributed by atoms with E-state index in [9.17, 15) is 4.79 Å². The zero-order valence-corrected chi connectivity index (χ0v) is 9.22. The standard InChI is InChI=1S/C11H19NO2/c1-5-6-7-8-9-12-10(13)14-11(2,3)4/h1H,6-9H2,2-4H3,(H,12,13). The van der Waals surface area contributed by atoms with Gasteiger partial charge in [0.2, 0.25) is 0 Å². The van der Waals surface area contributed by atoms with Crippen molar-refractivity contribution in [3.63, 3.8) is 0 Å². The van der Waals surface area contributed by atoms with E-state index in [0.717, 1.165) is 19.3 Å². The minimum Gasteiger partial charge on any atom is -0.444 e. The van der Waals surface area contributed by atoms with Gasteiger partial charge in [-0.2, -0.15) is 0 Å². The van der Waals surface area contributed by atoms with Crippen LogP contribution in [-0.2, 0) is 4.74 Å². The summed E-state index contributed by atoms with van der Waals surface area (Å²) in [7, 11) is 0. The molecule has 1 amide bonds. The molecule has 0 saturated heterocycles. The maximum absolute atomic E-state index is 11.1. The largest absolute Gasteiger partial charge is 0.444 e. The zero-order chi connectivity index (χ0) is 11.0. The Balaban J connectivity index is 3.42. The predicted molar refractivity (Wildman–Crippen MR) is 56.9 cm³/mol. The van der Waals surface area contributed by atoms with Gasteiger partial charge in [-0.05, 0) is 33.6 Å². The van der Waals surface area contributed by atoms with Crippen molar-refractivity contribution in [1.82, 2.24) is 5.32 Å². The van der Waals surface area contributed by atoms with Crippen molar-refractivity contribution in [2.45, 2.75) is 45.6 Å². The molecule has 0 aromatic rings. The molecule has 0 aliphatic heterocycles. The second kappa shape index (κ2) is 6.31. The Morgan fingerprint density at radius 3 is 2.57 bits per heavy atom. The molecule has 0 bridgehead atoms. The molecule has 0 atom stereocenters. The molecule has 0 radical (unpaired) electrons. The van der Waals surface area contributed by atoms with E-state index < -0.39 is 5.60 Å². The molecule has 0 aliphatic rings. The summed E-state index contributed by atoms with van der Waals surface area (Å²) in [6.07, 6.45) is 7.32. The number of hydrogen-bond donors (Lipinski definition) is 1. The van der Waals surface area contributed by atoms with Gasteiger partial charge in [0.25, 0.3) is 0 Å². The number of alkyl carbamates (subject to hydrolysis) is 1. The molecule has 0 unspecified atom stereocenters. The van der Waals surface area contributed by atoms with Crippen LogP contribution in [0.5, 0.6) is 0 Å². The summed E-state index contributed by atoms with van der Waals surface area (Å²) in [5, 5.41) is 2.67. The molecule has 80 valence electrons. The summed E-state index contributed by atoms with van der Waals surface area (Å²) in [6.45, 7) is 6.14. The first kappa shape index (κ1) is 12.8. The molecule has 0 heterocycles. The highest BCUT2D eigenvalue weighted by molar-refractivity contribution is 5.67. The van der Waals surface area contributed by atoms with Crippen LogP contribution in [0.1, 0.15) is 40.0 Å². The Morgan fingerprint density at radius 1 is 1.43 bits per heavy atom. The van der Waals surface area contributed by atoms with Crippen LogP contribution < -0.4 is 5.32 Å². The molecule has 14 heavy (non-hydrogen) atoms. The summed E-state index contributed by atoms with van der Waals surface area (Å²) >= 11 is 0. The summed E-state index contributed by atoms with van der Waals surface area (Å²) in [6, 6.07) is 0. The molecule has 3 heteroatoms. The lowest BCUT2D eigenvalue weighted by Gasteiger charge is -2.19. The lowest BCUT2D eigenvalue weighted by molar-refractivity contribution is 0.0527. The number of rotatable bonds is 4. The molecular formula is C11H19NO2. The summed E-state index contributed by atoms with van der Waals surface area (Å²) in [4.78, 5) is 11.1. The predicted octanol–water partition coefficient (Wildman–Crippen LogP) is 2.31. The molecule has 0 aromatic carbocycles. The molecule has 0 fully saturated rings. The number of amides is 1. The smallest absolute Gasteiger partial charge is 0.407 e. The molecule has 0 aliphatic carbocycles. The Morgan fingerprint density at radius 2 is 2.07 bits per heavy atom. The van der Waals surface area contributed by atoms with Crippen molar-refractivity contribution in [2.24, 2.45) is 0 Å². The van der Waals surface area contributed by atoms with E-state index in [0.29, 0.717) is 6.54 Å². The third kappa shape index (κ3) is 8.92. The molecule has 0 rings (SSSR count). The second-order valence-electron chi connectivity index (χ2n) is 4.09. The quantitative estimate of drug-likeness (QED) is 0.555. The van der Waals surface area contributed by atoms with Gasteiger partial charge < -0.3 is 10.1 Å². The minimum absolute atomic E-state index is 0.363. The van der Waals surface area contributed by atoms with E-state index in [1.54, 1.807) is 0 Å². The average molecular weight is 197 g/mol. The fraction of sp³-hybridized carbons (Fsp3) is 0.727. The Labute approximate surface area is 86.2 Å². The van der Waals surface area contributed by atoms with Gasteiger partial charge in [0, 0.05) is 13.0 Å². The van der Waals surface area contributed by atoms with E-state index in [1.165, 1.54) is 0 Å². The molecule has 3 nitrogen and oxygen atoms in total. The van der Waals surface area contributed by atoms with Gasteiger partial charge in [-0.25, -0.2) is 4.79 Å². The summed E-state index contributed by atoms with van der Waals surface area (Å²) in [5.41, 5.74) is -0.428. The van der Waals surface area contributed by atoms with Crippen LogP contribution in [0, 0.1) is 12.3 Å². The van der Waals surface area contributed by atoms with Crippen molar-refractivity contribution < 1.29 is 9.53 Å². The zero-order valence-electron chi connectivity index (χ0n) is 9.22. The van der Waals surface area contributed by atoms with Crippen LogP contribution in [0.25, 0.3) is 0 Å². The highest BCUT2D eigenvalue weighted by Gasteiger charge is 2.15. The normalized spacial score (nSPS) is 10.4. The lowest BCUT2D eigenvalue weighted by Crippen LogP contribution is -2.32. The second-order valence-corrected chi connectivity index (χ2v) is 4.09. The Hall–Kier alpha value is -1.17. The van der Waals surface area contributed by atoms with Crippen molar-refractivity contribution in [3.05, 3.63) is 0 Å². The highest BCUT2D eigenvalue weighted by atomic mass is 16.6. The van der Waals surface area contributed by atoms with Crippen molar-refractivity contribution in [1.29, 1.82) is 0 Å². The fourth-order valence-corrected chi connectivity index (χ4v) is 0.857. The monoisotopic (exact) mass is 197 g/mol. The van der Waals surface area contributed by atoms with Gasteiger partial charge in [-0.3, -0.25) is 0 Å². The third-order valence-electron chi connectivity index (χ3n) is 1.42. The first-order valence-corrected chi connectivity index (χ1v) is 4.86. The molecule has 0 spiro atoms. The van der Waals surface area contributed by atoms with Gasteiger partial charge in [0.05, 0.1) is 0 Å². The summed E-state index contributed by atoms with van der Waals surface area (Å²) < 4.78 is 5.05. The molecule has 0 aromatic heterocycles. The van der Waals surface area contributed by atoms with Crippen molar-refractivity contribution in [2.75, 3.05) is 6.54 Å². The van der Waals surface area contributed by atoms with Crippen molar-refractivity contribution in [3.8, 4) is 12.3 Å². The number of unbranched alkanes of at least 4 members (excludes halogenated alkanes) is 2. The van der Waals surface area contributed by atoms with E-state index in [4.69, 9.17) is 11.2 Å². The average Bonchev–Trinajstić information content (AvgIpc) is 2.00. The third-order valence-corrected chi connectivity index (χ3v) is 1.42. The summed E-state index contributed by atoms with van der Waals surface area (Å²) in [5.74, 6) is 2.55. The van der Waals surface area contributed by atoms with Crippen molar-refractivity contribution >= 4 is 6.09 Å². The van der Waals surface area contributed by atoms with E-state index in [-0.39, 0.29) is 6.09 Å². The highest BCUT2D eigenvalue weighted by Crippen LogP contribution is 2.06. The molecule has 1 N–H and O–H groups in total. The maximum Gasteiger partial charge on any atom is 0.407 e. The van der Waals surface area contributed by atoms with Crippen LogP contribution in [0.15, 0.2) is 0 Å².